The SMILES string of the molecule is COC1(C)CCCN(Cc2cc(CN)sc2C)C1. The highest BCUT2D eigenvalue weighted by molar-refractivity contribution is 7.12. The van der Waals surface area contributed by atoms with E-state index in [4.69, 9.17) is 10.5 Å². The second-order valence-electron chi connectivity index (χ2n) is 5.47. The Morgan fingerprint density at radius 1 is 1.56 bits per heavy atom. The normalized spacial score (nSPS) is 25.6. The molecule has 0 aromatic carbocycles. The summed E-state index contributed by atoms with van der Waals surface area (Å²) in [6.45, 7) is 8.29. The first-order valence-electron chi connectivity index (χ1n) is 6.62. The maximum atomic E-state index is 5.71. The Labute approximate surface area is 114 Å². The first-order chi connectivity index (χ1) is 8.56. The molecule has 1 aromatic heterocycles. The van der Waals surface area contributed by atoms with Gasteiger partial charge in [0, 0.05) is 36.5 Å². The van der Waals surface area contributed by atoms with Crippen molar-refractivity contribution < 1.29 is 4.74 Å². The summed E-state index contributed by atoms with van der Waals surface area (Å²) in [7, 11) is 1.83. The summed E-state index contributed by atoms with van der Waals surface area (Å²) in [4.78, 5) is 5.19. The molecule has 1 aliphatic rings. The van der Waals surface area contributed by atoms with Gasteiger partial charge in [0.1, 0.15) is 0 Å². The van der Waals surface area contributed by atoms with E-state index in [2.05, 4.69) is 24.8 Å². The fourth-order valence-electron chi connectivity index (χ4n) is 2.70. The van der Waals surface area contributed by atoms with E-state index in [0.29, 0.717) is 6.54 Å². The van der Waals surface area contributed by atoms with Crippen molar-refractivity contribution in [1.29, 1.82) is 0 Å². The molecule has 2 rings (SSSR count). The van der Waals surface area contributed by atoms with E-state index >= 15 is 0 Å². The van der Waals surface area contributed by atoms with Gasteiger partial charge in [-0.05, 0) is 44.9 Å². The van der Waals surface area contributed by atoms with Gasteiger partial charge in [-0.2, -0.15) is 0 Å². The number of hydrogen-bond acceptors (Lipinski definition) is 4. The Balaban J connectivity index is 2.02. The van der Waals surface area contributed by atoms with Crippen molar-refractivity contribution >= 4 is 11.3 Å². The van der Waals surface area contributed by atoms with E-state index in [0.717, 1.165) is 19.5 Å². The van der Waals surface area contributed by atoms with Gasteiger partial charge < -0.3 is 10.5 Å². The van der Waals surface area contributed by atoms with Crippen LogP contribution in [0.5, 0.6) is 0 Å². The zero-order valence-electron chi connectivity index (χ0n) is 11.7. The summed E-state index contributed by atoms with van der Waals surface area (Å²) >= 11 is 1.83. The number of nitrogens with two attached hydrogens (primary N) is 1. The van der Waals surface area contributed by atoms with Gasteiger partial charge in [-0.1, -0.05) is 0 Å². The number of rotatable bonds is 4. The monoisotopic (exact) mass is 268 g/mol. The highest BCUT2D eigenvalue weighted by atomic mass is 32.1. The number of hydrogen-bond donors (Lipinski definition) is 1. The molecule has 1 fully saturated rings. The van der Waals surface area contributed by atoms with Crippen LogP contribution in [-0.2, 0) is 17.8 Å². The molecule has 1 saturated heterocycles. The molecule has 3 nitrogen and oxygen atoms in total. The van der Waals surface area contributed by atoms with Gasteiger partial charge in [0.2, 0.25) is 0 Å². The molecule has 18 heavy (non-hydrogen) atoms. The van der Waals surface area contributed by atoms with Crippen LogP contribution in [0.25, 0.3) is 0 Å². The second-order valence-corrected chi connectivity index (χ2v) is 6.81. The van der Waals surface area contributed by atoms with E-state index in [1.165, 1.54) is 28.3 Å². The molecule has 2 heterocycles. The number of ether oxygens (including phenoxy) is 1. The van der Waals surface area contributed by atoms with E-state index in [9.17, 15) is 0 Å². The summed E-state index contributed by atoms with van der Waals surface area (Å²) in [6, 6.07) is 2.26. The highest BCUT2D eigenvalue weighted by Gasteiger charge is 2.30. The molecule has 102 valence electrons. The number of methoxy groups -OCH3 is 1. The summed E-state index contributed by atoms with van der Waals surface area (Å²) in [6.07, 6.45) is 2.38. The van der Waals surface area contributed by atoms with E-state index < -0.39 is 0 Å². The lowest BCUT2D eigenvalue weighted by molar-refractivity contribution is -0.0527. The van der Waals surface area contributed by atoms with Gasteiger partial charge >= 0.3 is 0 Å². The average molecular weight is 268 g/mol. The lowest BCUT2D eigenvalue weighted by Crippen LogP contribution is -2.46. The highest BCUT2D eigenvalue weighted by Crippen LogP contribution is 2.27. The van der Waals surface area contributed by atoms with Crippen molar-refractivity contribution in [3.05, 3.63) is 21.4 Å². The third-order valence-corrected chi connectivity index (χ3v) is 5.01. The summed E-state index contributed by atoms with van der Waals surface area (Å²) in [5, 5.41) is 0. The van der Waals surface area contributed by atoms with Crippen LogP contribution in [0, 0.1) is 6.92 Å². The maximum absolute atomic E-state index is 5.71. The van der Waals surface area contributed by atoms with Crippen LogP contribution in [0.4, 0.5) is 0 Å². The summed E-state index contributed by atoms with van der Waals surface area (Å²) in [5.41, 5.74) is 7.16. The summed E-state index contributed by atoms with van der Waals surface area (Å²) in [5.74, 6) is 0. The Morgan fingerprint density at radius 3 is 2.94 bits per heavy atom. The van der Waals surface area contributed by atoms with Crippen molar-refractivity contribution in [3.8, 4) is 0 Å². The minimum atomic E-state index is 0.0267. The summed E-state index contributed by atoms with van der Waals surface area (Å²) < 4.78 is 5.64. The topological polar surface area (TPSA) is 38.5 Å². The van der Waals surface area contributed by atoms with E-state index in [-0.39, 0.29) is 5.60 Å². The van der Waals surface area contributed by atoms with Gasteiger partial charge in [0.15, 0.2) is 0 Å². The van der Waals surface area contributed by atoms with Crippen molar-refractivity contribution in [1.82, 2.24) is 4.90 Å². The minimum Gasteiger partial charge on any atom is -0.377 e. The standard InChI is InChI=1S/C14H24N2OS/c1-11-12(7-13(8-15)18-11)9-16-6-4-5-14(2,10-16)17-3/h7H,4-6,8-10,15H2,1-3H3. The van der Waals surface area contributed by atoms with Crippen LogP contribution in [0.15, 0.2) is 6.07 Å². The van der Waals surface area contributed by atoms with E-state index in [1.807, 2.05) is 18.4 Å². The molecule has 2 N–H and O–H groups in total. The van der Waals surface area contributed by atoms with Crippen molar-refractivity contribution in [3.63, 3.8) is 0 Å². The van der Waals surface area contributed by atoms with Gasteiger partial charge in [0.05, 0.1) is 5.60 Å². The van der Waals surface area contributed by atoms with Crippen LogP contribution < -0.4 is 5.73 Å². The van der Waals surface area contributed by atoms with Crippen molar-refractivity contribution in [2.45, 2.75) is 45.4 Å². The minimum absolute atomic E-state index is 0.0267. The fourth-order valence-corrected chi connectivity index (χ4v) is 3.63. The molecule has 0 amide bonds. The van der Waals surface area contributed by atoms with Gasteiger partial charge in [-0.25, -0.2) is 0 Å². The Hall–Kier alpha value is -0.420. The molecule has 1 atom stereocenters. The lowest BCUT2D eigenvalue weighted by atomic mass is 9.94. The fraction of sp³-hybridized carbons (Fsp3) is 0.714. The number of nitrogens with zero attached hydrogens (tertiary/aromatic N) is 1. The van der Waals surface area contributed by atoms with Gasteiger partial charge in [0.25, 0.3) is 0 Å². The molecule has 0 bridgehead atoms. The zero-order chi connectivity index (χ0) is 13.2. The number of thiophene rings is 1. The van der Waals surface area contributed by atoms with Crippen LogP contribution in [0.2, 0.25) is 0 Å². The molecule has 4 heteroatoms. The Kier molecular flexibility index (Phi) is 4.43. The predicted octanol–water partition coefficient (Wildman–Crippen LogP) is 2.52. The van der Waals surface area contributed by atoms with Crippen LogP contribution in [0.3, 0.4) is 0 Å². The molecule has 1 aromatic rings. The van der Waals surface area contributed by atoms with Gasteiger partial charge in [-0.3, -0.25) is 4.90 Å². The maximum Gasteiger partial charge on any atom is 0.0777 e. The third-order valence-electron chi connectivity index (χ3n) is 3.90. The Bertz CT molecular complexity index is 404. The zero-order valence-corrected chi connectivity index (χ0v) is 12.5. The number of likely N-dealkylation sites (tertiary alicyclic amines) is 1. The average Bonchev–Trinajstić information content (AvgIpc) is 2.70. The third kappa shape index (κ3) is 3.12. The van der Waals surface area contributed by atoms with E-state index in [1.54, 1.807) is 0 Å². The quantitative estimate of drug-likeness (QED) is 0.912. The smallest absolute Gasteiger partial charge is 0.0777 e. The van der Waals surface area contributed by atoms with Crippen molar-refractivity contribution in [2.75, 3.05) is 20.2 Å². The first kappa shape index (κ1) is 14.0. The predicted molar refractivity (Wildman–Crippen MR) is 76.9 cm³/mol. The Morgan fingerprint density at radius 2 is 2.33 bits per heavy atom. The lowest BCUT2D eigenvalue weighted by Gasteiger charge is -2.39. The molecule has 1 aliphatic heterocycles. The van der Waals surface area contributed by atoms with Crippen LogP contribution in [-0.4, -0.2) is 30.7 Å². The van der Waals surface area contributed by atoms with Crippen LogP contribution >= 0.6 is 11.3 Å². The molecule has 0 radical (unpaired) electrons. The molecule has 0 spiro atoms. The molecule has 1 unspecified atom stereocenters. The first-order valence-corrected chi connectivity index (χ1v) is 7.44. The number of piperidine rings is 1. The molecule has 0 aliphatic carbocycles. The van der Waals surface area contributed by atoms with Crippen molar-refractivity contribution in [2.24, 2.45) is 5.73 Å². The molecular weight excluding hydrogens is 244 g/mol. The number of aryl methyl sites for hydroxylation is 1. The van der Waals surface area contributed by atoms with Gasteiger partial charge in [-0.15, -0.1) is 11.3 Å². The second kappa shape index (κ2) is 5.70. The van der Waals surface area contributed by atoms with Crippen LogP contribution in [0.1, 0.15) is 35.1 Å². The molecule has 0 saturated carbocycles. The molecular formula is C14H24N2OS. The largest absolute Gasteiger partial charge is 0.377 e.